The average Bonchev–Trinajstić information content (AvgIpc) is 2.81. The fourth-order valence-electron chi connectivity index (χ4n) is 4.76. The van der Waals surface area contributed by atoms with Gasteiger partial charge >= 0.3 is 0 Å². The van der Waals surface area contributed by atoms with Gasteiger partial charge in [-0.05, 0) is 42.9 Å². The Labute approximate surface area is 180 Å². The van der Waals surface area contributed by atoms with Gasteiger partial charge in [-0.1, -0.05) is 92.1 Å². The Morgan fingerprint density at radius 1 is 0.833 bits per heavy atom. The smallest absolute Gasteiger partial charge is 0.128 e. The molecule has 0 aliphatic heterocycles. The van der Waals surface area contributed by atoms with Crippen LogP contribution in [0.2, 0.25) is 0 Å². The highest BCUT2D eigenvalue weighted by molar-refractivity contribution is 5.84. The highest BCUT2D eigenvalue weighted by Gasteiger charge is 2.33. The monoisotopic (exact) mass is 397 g/mol. The second-order valence-corrected chi connectivity index (χ2v) is 8.60. The molecule has 1 aliphatic carbocycles. The van der Waals surface area contributed by atoms with Gasteiger partial charge in [0.2, 0.25) is 0 Å². The molecular formula is C28H31NO. The Hall–Kier alpha value is -2.87. The quantitative estimate of drug-likeness (QED) is 0.362. The van der Waals surface area contributed by atoms with Crippen LogP contribution >= 0.6 is 0 Å². The molecule has 2 nitrogen and oxygen atoms in total. The highest BCUT2D eigenvalue weighted by Crippen LogP contribution is 2.43. The van der Waals surface area contributed by atoms with Crippen molar-refractivity contribution in [1.82, 2.24) is 0 Å². The minimum atomic E-state index is -0.459. The SMILES string of the molecule is CC(c1ccccc1)(c1ccccc1)c1cccc(C=NCC2CCCCC2)c1O. The van der Waals surface area contributed by atoms with Crippen LogP contribution < -0.4 is 0 Å². The first kappa shape index (κ1) is 20.4. The predicted molar refractivity (Wildman–Crippen MR) is 126 cm³/mol. The fraction of sp³-hybridized carbons (Fsp3) is 0.321. The van der Waals surface area contributed by atoms with Crippen molar-refractivity contribution in [2.45, 2.75) is 44.4 Å². The topological polar surface area (TPSA) is 32.6 Å². The lowest BCUT2D eigenvalue weighted by atomic mass is 9.70. The maximum Gasteiger partial charge on any atom is 0.128 e. The van der Waals surface area contributed by atoms with Gasteiger partial charge in [0.05, 0.1) is 0 Å². The first-order valence-electron chi connectivity index (χ1n) is 11.1. The van der Waals surface area contributed by atoms with E-state index in [0.717, 1.165) is 28.8 Å². The Bertz CT molecular complexity index is 933. The van der Waals surface area contributed by atoms with E-state index in [1.807, 2.05) is 36.5 Å². The van der Waals surface area contributed by atoms with Gasteiger partial charge in [-0.3, -0.25) is 4.99 Å². The van der Waals surface area contributed by atoms with Gasteiger partial charge in [0.1, 0.15) is 5.75 Å². The van der Waals surface area contributed by atoms with Crippen molar-refractivity contribution in [2.75, 3.05) is 6.54 Å². The van der Waals surface area contributed by atoms with Gasteiger partial charge in [-0.2, -0.15) is 0 Å². The molecule has 154 valence electrons. The van der Waals surface area contributed by atoms with Gasteiger partial charge in [0, 0.05) is 29.3 Å². The first-order chi connectivity index (χ1) is 14.7. The minimum absolute atomic E-state index is 0.320. The van der Waals surface area contributed by atoms with E-state index in [1.165, 1.54) is 32.1 Å². The second kappa shape index (κ2) is 9.30. The van der Waals surface area contributed by atoms with E-state index in [-0.39, 0.29) is 0 Å². The summed E-state index contributed by atoms with van der Waals surface area (Å²) in [5.41, 5.74) is 3.55. The second-order valence-electron chi connectivity index (χ2n) is 8.60. The lowest BCUT2D eigenvalue weighted by molar-refractivity contribution is 0.367. The third kappa shape index (κ3) is 4.18. The van der Waals surface area contributed by atoms with Crippen LogP contribution in [-0.2, 0) is 5.41 Å². The number of hydrogen-bond acceptors (Lipinski definition) is 2. The summed E-state index contributed by atoms with van der Waals surface area (Å²) in [5, 5.41) is 11.3. The summed E-state index contributed by atoms with van der Waals surface area (Å²) in [4.78, 5) is 4.71. The molecule has 0 amide bonds. The average molecular weight is 398 g/mol. The van der Waals surface area contributed by atoms with Crippen LogP contribution in [0.4, 0.5) is 0 Å². The zero-order valence-electron chi connectivity index (χ0n) is 17.8. The summed E-state index contributed by atoms with van der Waals surface area (Å²) in [6.07, 6.45) is 8.44. The van der Waals surface area contributed by atoms with E-state index in [9.17, 15) is 5.11 Å². The fourth-order valence-corrected chi connectivity index (χ4v) is 4.76. The molecule has 0 atom stereocenters. The summed E-state index contributed by atoms with van der Waals surface area (Å²) in [6, 6.07) is 26.9. The van der Waals surface area contributed by atoms with E-state index in [2.05, 4.69) is 55.5 Å². The molecule has 0 unspecified atom stereocenters. The van der Waals surface area contributed by atoms with E-state index >= 15 is 0 Å². The van der Waals surface area contributed by atoms with Gasteiger partial charge < -0.3 is 5.11 Å². The van der Waals surface area contributed by atoms with Crippen molar-refractivity contribution < 1.29 is 5.11 Å². The molecule has 2 heteroatoms. The number of phenols is 1. The maximum atomic E-state index is 11.3. The molecule has 0 radical (unpaired) electrons. The number of nitrogens with zero attached hydrogens (tertiary/aromatic N) is 1. The van der Waals surface area contributed by atoms with Crippen molar-refractivity contribution in [3.8, 4) is 5.75 Å². The van der Waals surface area contributed by atoms with Gasteiger partial charge in [-0.15, -0.1) is 0 Å². The van der Waals surface area contributed by atoms with Gasteiger partial charge in [-0.25, -0.2) is 0 Å². The van der Waals surface area contributed by atoms with E-state index < -0.39 is 5.41 Å². The molecule has 30 heavy (non-hydrogen) atoms. The zero-order chi connectivity index (χ0) is 20.8. The molecule has 1 aliphatic rings. The van der Waals surface area contributed by atoms with Crippen molar-refractivity contribution in [3.63, 3.8) is 0 Å². The Morgan fingerprint density at radius 3 is 2.03 bits per heavy atom. The predicted octanol–water partition coefficient (Wildman–Crippen LogP) is 6.75. The number of rotatable bonds is 6. The number of aliphatic imine (C=N–C) groups is 1. The van der Waals surface area contributed by atoms with Gasteiger partial charge in [0.15, 0.2) is 0 Å². The van der Waals surface area contributed by atoms with Crippen LogP contribution in [0.3, 0.4) is 0 Å². The molecule has 3 aromatic carbocycles. The lowest BCUT2D eigenvalue weighted by Crippen LogP contribution is -2.25. The minimum Gasteiger partial charge on any atom is -0.507 e. The van der Waals surface area contributed by atoms with Crippen LogP contribution in [0.5, 0.6) is 5.75 Å². The third-order valence-electron chi connectivity index (χ3n) is 6.63. The van der Waals surface area contributed by atoms with Crippen LogP contribution in [0.15, 0.2) is 83.9 Å². The van der Waals surface area contributed by atoms with E-state index in [0.29, 0.717) is 11.7 Å². The molecule has 0 saturated heterocycles. The number of aromatic hydroxyl groups is 1. The molecule has 0 aromatic heterocycles. The summed E-state index contributed by atoms with van der Waals surface area (Å²) in [7, 11) is 0. The van der Waals surface area contributed by atoms with Crippen LogP contribution in [0, 0.1) is 5.92 Å². The van der Waals surface area contributed by atoms with Crippen LogP contribution in [-0.4, -0.2) is 17.9 Å². The molecule has 1 saturated carbocycles. The van der Waals surface area contributed by atoms with Gasteiger partial charge in [0.25, 0.3) is 0 Å². The summed E-state index contributed by atoms with van der Waals surface area (Å²) in [5.74, 6) is 1.01. The van der Waals surface area contributed by atoms with Crippen molar-refractivity contribution in [1.29, 1.82) is 0 Å². The summed E-state index contributed by atoms with van der Waals surface area (Å²) >= 11 is 0. The van der Waals surface area contributed by atoms with Crippen LogP contribution in [0.1, 0.15) is 61.3 Å². The summed E-state index contributed by atoms with van der Waals surface area (Å²) in [6.45, 7) is 3.05. The standard InChI is InChI=1S/C28H31NO/c1-28(24-15-7-3-8-16-24,25-17-9-4-10-18-25)26-19-11-14-23(27(26)30)21-29-20-22-12-5-2-6-13-22/h3-4,7-11,14-19,21-22,30H,2,5-6,12-13,20H2,1H3. The van der Waals surface area contributed by atoms with Crippen LogP contribution in [0.25, 0.3) is 0 Å². The van der Waals surface area contributed by atoms with Crippen molar-refractivity contribution in [2.24, 2.45) is 10.9 Å². The highest BCUT2D eigenvalue weighted by atomic mass is 16.3. The maximum absolute atomic E-state index is 11.3. The molecule has 1 fully saturated rings. The number of para-hydroxylation sites is 1. The van der Waals surface area contributed by atoms with E-state index in [1.54, 1.807) is 0 Å². The van der Waals surface area contributed by atoms with Crippen molar-refractivity contribution >= 4 is 6.21 Å². The van der Waals surface area contributed by atoms with E-state index in [4.69, 9.17) is 4.99 Å². The Balaban J connectivity index is 1.71. The third-order valence-corrected chi connectivity index (χ3v) is 6.63. The number of phenolic OH excluding ortho intramolecular Hbond substituents is 1. The molecular weight excluding hydrogens is 366 g/mol. The van der Waals surface area contributed by atoms with Crippen molar-refractivity contribution in [3.05, 3.63) is 101 Å². The Morgan fingerprint density at radius 2 is 1.43 bits per heavy atom. The molecule has 1 N–H and O–H groups in total. The summed E-state index contributed by atoms with van der Waals surface area (Å²) < 4.78 is 0. The molecule has 0 spiro atoms. The zero-order valence-corrected chi connectivity index (χ0v) is 17.8. The number of hydrogen-bond donors (Lipinski definition) is 1. The number of benzene rings is 3. The first-order valence-corrected chi connectivity index (χ1v) is 11.1. The molecule has 0 bridgehead atoms. The molecule has 0 heterocycles. The largest absolute Gasteiger partial charge is 0.507 e. The lowest BCUT2D eigenvalue weighted by Gasteiger charge is -2.32. The Kier molecular flexibility index (Phi) is 6.32. The normalized spacial score (nSPS) is 15.5. The molecule has 3 aromatic rings. The molecule has 4 rings (SSSR count).